The third kappa shape index (κ3) is 3.55. The molecule has 0 saturated carbocycles. The van der Waals surface area contributed by atoms with Gasteiger partial charge in [-0.1, -0.05) is 13.8 Å². The molecular weight excluding hydrogens is 286 g/mol. The first kappa shape index (κ1) is 14.2. The van der Waals surface area contributed by atoms with Crippen LogP contribution in [-0.2, 0) is 4.74 Å². The summed E-state index contributed by atoms with van der Waals surface area (Å²) in [7, 11) is 0. The average Bonchev–Trinajstić information content (AvgIpc) is 2.69. The zero-order valence-corrected chi connectivity index (χ0v) is 12.5. The SMILES string of the molecule is CCNC(c1sccc1Br)C(CC)OCC. The predicted molar refractivity (Wildman–Crippen MR) is 74.1 cm³/mol. The smallest absolute Gasteiger partial charge is 0.0775 e. The second kappa shape index (κ2) is 7.43. The van der Waals surface area contributed by atoms with E-state index < -0.39 is 0 Å². The maximum atomic E-state index is 5.81. The molecule has 2 unspecified atom stereocenters. The largest absolute Gasteiger partial charge is 0.377 e. The summed E-state index contributed by atoms with van der Waals surface area (Å²) in [4.78, 5) is 1.34. The standard InChI is InChI=1S/C12H20BrNOS/c1-4-10(15-6-3)11(14-5-2)12-9(13)7-8-16-12/h7-8,10-11,14H,4-6H2,1-3H3. The first-order valence-corrected chi connectivity index (χ1v) is 7.49. The normalized spacial score (nSPS) is 15.0. The van der Waals surface area contributed by atoms with Gasteiger partial charge in [-0.05, 0) is 47.3 Å². The Hall–Kier alpha value is 0.1000. The molecule has 1 heterocycles. The van der Waals surface area contributed by atoms with Crippen molar-refractivity contribution in [3.05, 3.63) is 20.8 Å². The number of thiophene rings is 1. The highest BCUT2D eigenvalue weighted by Gasteiger charge is 2.24. The van der Waals surface area contributed by atoms with Gasteiger partial charge in [-0.25, -0.2) is 0 Å². The quantitative estimate of drug-likeness (QED) is 0.823. The van der Waals surface area contributed by atoms with Crippen molar-refractivity contribution < 1.29 is 4.74 Å². The number of likely N-dealkylation sites (N-methyl/N-ethyl adjacent to an activating group) is 1. The van der Waals surface area contributed by atoms with Crippen LogP contribution in [0.3, 0.4) is 0 Å². The first-order valence-electron chi connectivity index (χ1n) is 5.82. The molecule has 0 aliphatic rings. The van der Waals surface area contributed by atoms with Gasteiger partial charge >= 0.3 is 0 Å². The van der Waals surface area contributed by atoms with Crippen LogP contribution in [0, 0.1) is 0 Å². The lowest BCUT2D eigenvalue weighted by Crippen LogP contribution is -2.33. The fraction of sp³-hybridized carbons (Fsp3) is 0.667. The highest BCUT2D eigenvalue weighted by atomic mass is 79.9. The number of halogens is 1. The van der Waals surface area contributed by atoms with Crippen LogP contribution in [0.1, 0.15) is 38.1 Å². The molecule has 0 spiro atoms. The van der Waals surface area contributed by atoms with Crippen LogP contribution in [0.2, 0.25) is 0 Å². The molecule has 0 aromatic carbocycles. The molecule has 1 aromatic rings. The molecule has 0 aliphatic heterocycles. The van der Waals surface area contributed by atoms with Gasteiger partial charge in [0.2, 0.25) is 0 Å². The molecule has 2 atom stereocenters. The Labute approximate surface area is 111 Å². The van der Waals surface area contributed by atoms with Crippen LogP contribution >= 0.6 is 27.3 Å². The Kier molecular flexibility index (Phi) is 6.58. The molecule has 2 nitrogen and oxygen atoms in total. The lowest BCUT2D eigenvalue weighted by atomic mass is 10.1. The van der Waals surface area contributed by atoms with Crippen molar-refractivity contribution in [2.24, 2.45) is 0 Å². The Balaban J connectivity index is 2.84. The van der Waals surface area contributed by atoms with Gasteiger partial charge in [-0.2, -0.15) is 0 Å². The molecule has 0 aliphatic carbocycles. The summed E-state index contributed by atoms with van der Waals surface area (Å²) in [5, 5.41) is 5.63. The van der Waals surface area contributed by atoms with Crippen LogP contribution in [0.25, 0.3) is 0 Å². The zero-order chi connectivity index (χ0) is 12.0. The molecule has 0 bridgehead atoms. The predicted octanol–water partition coefficient (Wildman–Crippen LogP) is 3.98. The Morgan fingerprint density at radius 3 is 2.62 bits per heavy atom. The number of nitrogens with one attached hydrogen (secondary N) is 1. The minimum Gasteiger partial charge on any atom is -0.377 e. The number of hydrogen-bond donors (Lipinski definition) is 1. The second-order valence-electron chi connectivity index (χ2n) is 3.57. The van der Waals surface area contributed by atoms with E-state index in [2.05, 4.69) is 53.5 Å². The fourth-order valence-corrected chi connectivity index (χ4v) is 3.55. The number of rotatable bonds is 7. The van der Waals surface area contributed by atoms with E-state index in [-0.39, 0.29) is 6.10 Å². The summed E-state index contributed by atoms with van der Waals surface area (Å²) in [6.45, 7) is 8.08. The number of ether oxygens (including phenoxy) is 1. The molecule has 0 radical (unpaired) electrons. The van der Waals surface area contributed by atoms with Crippen molar-refractivity contribution in [3.8, 4) is 0 Å². The van der Waals surface area contributed by atoms with E-state index >= 15 is 0 Å². The highest BCUT2D eigenvalue weighted by molar-refractivity contribution is 9.10. The topological polar surface area (TPSA) is 21.3 Å². The van der Waals surface area contributed by atoms with Gasteiger partial charge in [0, 0.05) is 16.0 Å². The van der Waals surface area contributed by atoms with E-state index in [0.717, 1.165) is 19.6 Å². The van der Waals surface area contributed by atoms with E-state index in [1.165, 1.54) is 9.35 Å². The van der Waals surface area contributed by atoms with E-state index in [9.17, 15) is 0 Å². The monoisotopic (exact) mass is 305 g/mol. The molecule has 0 saturated heterocycles. The van der Waals surface area contributed by atoms with Gasteiger partial charge in [-0.15, -0.1) is 11.3 Å². The van der Waals surface area contributed by atoms with Crippen LogP contribution in [-0.4, -0.2) is 19.3 Å². The van der Waals surface area contributed by atoms with E-state index in [0.29, 0.717) is 6.04 Å². The summed E-state index contributed by atoms with van der Waals surface area (Å²) >= 11 is 5.38. The Morgan fingerprint density at radius 1 is 1.44 bits per heavy atom. The summed E-state index contributed by atoms with van der Waals surface area (Å²) in [6.07, 6.45) is 1.27. The van der Waals surface area contributed by atoms with Crippen molar-refractivity contribution in [1.82, 2.24) is 5.32 Å². The van der Waals surface area contributed by atoms with E-state index in [1.54, 1.807) is 11.3 Å². The summed E-state index contributed by atoms with van der Waals surface area (Å²) in [5.41, 5.74) is 0. The lowest BCUT2D eigenvalue weighted by Gasteiger charge is -2.26. The van der Waals surface area contributed by atoms with E-state index in [1.807, 2.05) is 0 Å². The van der Waals surface area contributed by atoms with Crippen molar-refractivity contribution in [1.29, 1.82) is 0 Å². The third-order valence-corrected chi connectivity index (χ3v) is 4.46. The molecule has 92 valence electrons. The second-order valence-corrected chi connectivity index (χ2v) is 5.37. The molecule has 0 fully saturated rings. The zero-order valence-electron chi connectivity index (χ0n) is 10.1. The Bertz CT molecular complexity index is 303. The van der Waals surface area contributed by atoms with Crippen LogP contribution in [0.4, 0.5) is 0 Å². The maximum Gasteiger partial charge on any atom is 0.0775 e. The van der Waals surface area contributed by atoms with Crippen molar-refractivity contribution >= 4 is 27.3 Å². The maximum absolute atomic E-state index is 5.81. The van der Waals surface area contributed by atoms with Crippen molar-refractivity contribution in [3.63, 3.8) is 0 Å². The molecule has 1 aromatic heterocycles. The average molecular weight is 306 g/mol. The molecule has 4 heteroatoms. The van der Waals surface area contributed by atoms with Gasteiger partial charge in [-0.3, -0.25) is 0 Å². The molecule has 16 heavy (non-hydrogen) atoms. The number of hydrogen-bond acceptors (Lipinski definition) is 3. The lowest BCUT2D eigenvalue weighted by molar-refractivity contribution is 0.0325. The molecule has 0 amide bonds. The van der Waals surface area contributed by atoms with Gasteiger partial charge in [0.1, 0.15) is 0 Å². The summed E-state index contributed by atoms with van der Waals surface area (Å²) in [6, 6.07) is 2.40. The molecule has 1 rings (SSSR count). The minimum absolute atomic E-state index is 0.250. The van der Waals surface area contributed by atoms with Crippen molar-refractivity contribution in [2.75, 3.05) is 13.2 Å². The fourth-order valence-electron chi connectivity index (χ4n) is 1.80. The third-order valence-electron chi connectivity index (χ3n) is 2.51. The van der Waals surface area contributed by atoms with Gasteiger partial charge < -0.3 is 10.1 Å². The summed E-state index contributed by atoms with van der Waals surface area (Å²) in [5.74, 6) is 0. The van der Waals surface area contributed by atoms with Crippen LogP contribution in [0.15, 0.2) is 15.9 Å². The van der Waals surface area contributed by atoms with Gasteiger partial charge in [0.05, 0.1) is 12.1 Å². The minimum atomic E-state index is 0.250. The molecule has 1 N–H and O–H groups in total. The first-order chi connectivity index (χ1) is 7.74. The highest BCUT2D eigenvalue weighted by Crippen LogP contribution is 2.32. The van der Waals surface area contributed by atoms with Gasteiger partial charge in [0.25, 0.3) is 0 Å². The Morgan fingerprint density at radius 2 is 2.19 bits per heavy atom. The van der Waals surface area contributed by atoms with Crippen molar-refractivity contribution in [2.45, 2.75) is 39.3 Å². The molecular formula is C12H20BrNOS. The summed E-state index contributed by atoms with van der Waals surface area (Å²) < 4.78 is 6.99. The van der Waals surface area contributed by atoms with E-state index in [4.69, 9.17) is 4.74 Å². The van der Waals surface area contributed by atoms with Crippen LogP contribution < -0.4 is 5.32 Å². The van der Waals surface area contributed by atoms with Gasteiger partial charge in [0.15, 0.2) is 0 Å². The van der Waals surface area contributed by atoms with Crippen LogP contribution in [0.5, 0.6) is 0 Å².